The molecule has 2 saturated carbocycles. The van der Waals surface area contributed by atoms with Gasteiger partial charge in [0.1, 0.15) is 12.1 Å². The highest BCUT2D eigenvalue weighted by Gasteiger charge is 2.39. The molecule has 122 valence electrons. The van der Waals surface area contributed by atoms with Crippen LogP contribution < -0.4 is 5.32 Å². The Balaban J connectivity index is 1.61. The second-order valence-corrected chi connectivity index (χ2v) is 9.00. The van der Waals surface area contributed by atoms with Crippen molar-refractivity contribution < 1.29 is 8.42 Å². The fourth-order valence-electron chi connectivity index (χ4n) is 4.26. The third kappa shape index (κ3) is 2.80. The summed E-state index contributed by atoms with van der Waals surface area (Å²) >= 11 is 0. The maximum atomic E-state index is 11.8. The van der Waals surface area contributed by atoms with Gasteiger partial charge in [-0.15, -0.1) is 0 Å². The van der Waals surface area contributed by atoms with Crippen LogP contribution in [0, 0.1) is 17.8 Å². The van der Waals surface area contributed by atoms with Crippen LogP contribution >= 0.6 is 0 Å². The van der Waals surface area contributed by atoms with E-state index in [0.29, 0.717) is 4.90 Å². The van der Waals surface area contributed by atoms with Crippen molar-refractivity contribution in [2.24, 2.45) is 17.8 Å². The number of hydrogen-bond acceptors (Lipinski definition) is 5. The highest BCUT2D eigenvalue weighted by molar-refractivity contribution is 7.90. The molecule has 3 atom stereocenters. The summed E-state index contributed by atoms with van der Waals surface area (Å²) in [6, 6.07) is 5.02. The molecule has 1 heterocycles. The number of nitrogens with zero attached hydrogens (tertiary/aromatic N) is 2. The van der Waals surface area contributed by atoms with Gasteiger partial charge in [-0.2, -0.15) is 0 Å². The molecule has 2 fully saturated rings. The highest BCUT2D eigenvalue weighted by Crippen LogP contribution is 2.48. The molecule has 6 heteroatoms. The summed E-state index contributed by atoms with van der Waals surface area (Å²) in [5.74, 6) is 3.23. The van der Waals surface area contributed by atoms with Gasteiger partial charge in [-0.3, -0.25) is 0 Å². The third-order valence-electron chi connectivity index (χ3n) is 5.45. The van der Waals surface area contributed by atoms with E-state index in [0.717, 1.165) is 41.0 Å². The Labute approximate surface area is 136 Å². The Morgan fingerprint density at radius 3 is 2.78 bits per heavy atom. The molecule has 2 bridgehead atoms. The number of fused-ring (bicyclic) bond motifs is 3. The van der Waals surface area contributed by atoms with Gasteiger partial charge in [0.15, 0.2) is 9.84 Å². The lowest BCUT2D eigenvalue weighted by atomic mass is 9.89. The van der Waals surface area contributed by atoms with Crippen LogP contribution in [0.1, 0.15) is 25.7 Å². The van der Waals surface area contributed by atoms with Crippen LogP contribution in [0.25, 0.3) is 10.9 Å². The van der Waals surface area contributed by atoms with E-state index >= 15 is 0 Å². The summed E-state index contributed by atoms with van der Waals surface area (Å²) in [5.41, 5.74) is 0.767. The lowest BCUT2D eigenvalue weighted by molar-refractivity contribution is 0.348. The van der Waals surface area contributed by atoms with Crippen molar-refractivity contribution in [3.05, 3.63) is 24.5 Å². The smallest absolute Gasteiger partial charge is 0.175 e. The van der Waals surface area contributed by atoms with Gasteiger partial charge in [-0.05, 0) is 55.2 Å². The van der Waals surface area contributed by atoms with E-state index < -0.39 is 9.84 Å². The summed E-state index contributed by atoms with van der Waals surface area (Å²) < 4.78 is 23.6. The largest absolute Gasteiger partial charge is 0.369 e. The van der Waals surface area contributed by atoms with E-state index in [1.165, 1.54) is 38.3 Å². The lowest BCUT2D eigenvalue weighted by Gasteiger charge is -2.22. The molecule has 0 radical (unpaired) electrons. The molecule has 2 aliphatic carbocycles. The average molecular weight is 331 g/mol. The number of sulfone groups is 1. The molecule has 2 aromatic rings. The second kappa shape index (κ2) is 5.44. The predicted octanol–water partition coefficient (Wildman–Crippen LogP) is 2.88. The average Bonchev–Trinajstić information content (AvgIpc) is 3.14. The monoisotopic (exact) mass is 331 g/mol. The highest BCUT2D eigenvalue weighted by atomic mass is 32.2. The normalized spacial score (nSPS) is 26.7. The molecular formula is C17H21N3O2S. The Kier molecular flexibility index (Phi) is 3.52. The lowest BCUT2D eigenvalue weighted by Crippen LogP contribution is -2.20. The van der Waals surface area contributed by atoms with Crippen molar-refractivity contribution in [3.63, 3.8) is 0 Å². The van der Waals surface area contributed by atoms with Crippen LogP contribution in [-0.2, 0) is 9.84 Å². The maximum absolute atomic E-state index is 11.8. The Morgan fingerprint density at radius 1 is 1.22 bits per heavy atom. The van der Waals surface area contributed by atoms with Gasteiger partial charge in [0.2, 0.25) is 0 Å². The SMILES string of the molecule is CS(=O)(=O)c1ccc2ncnc(NCC3CC4CCC3C4)c2c1. The molecule has 0 saturated heterocycles. The molecule has 0 spiro atoms. The van der Waals surface area contributed by atoms with Gasteiger partial charge >= 0.3 is 0 Å². The molecule has 23 heavy (non-hydrogen) atoms. The summed E-state index contributed by atoms with van der Waals surface area (Å²) in [6.45, 7) is 0.913. The van der Waals surface area contributed by atoms with Crippen molar-refractivity contribution in [1.82, 2.24) is 9.97 Å². The van der Waals surface area contributed by atoms with E-state index in [2.05, 4.69) is 15.3 Å². The van der Waals surface area contributed by atoms with Crippen molar-refractivity contribution in [1.29, 1.82) is 0 Å². The van der Waals surface area contributed by atoms with Crippen molar-refractivity contribution in [2.45, 2.75) is 30.6 Å². The van der Waals surface area contributed by atoms with Gasteiger partial charge in [0.25, 0.3) is 0 Å². The molecule has 1 N–H and O–H groups in total. The quantitative estimate of drug-likeness (QED) is 0.932. The first kappa shape index (κ1) is 14.9. The first-order valence-corrected chi connectivity index (χ1v) is 10.1. The van der Waals surface area contributed by atoms with Crippen molar-refractivity contribution >= 4 is 26.6 Å². The maximum Gasteiger partial charge on any atom is 0.175 e. The predicted molar refractivity (Wildman–Crippen MR) is 90.1 cm³/mol. The fourth-order valence-corrected chi connectivity index (χ4v) is 4.91. The minimum Gasteiger partial charge on any atom is -0.369 e. The van der Waals surface area contributed by atoms with E-state index in [1.807, 2.05) is 0 Å². The summed E-state index contributed by atoms with van der Waals surface area (Å²) in [7, 11) is -3.23. The molecule has 1 aromatic heterocycles. The summed E-state index contributed by atoms with van der Waals surface area (Å²) in [5, 5.41) is 4.22. The van der Waals surface area contributed by atoms with E-state index in [1.54, 1.807) is 18.2 Å². The Hall–Kier alpha value is -1.69. The Bertz CT molecular complexity index is 850. The van der Waals surface area contributed by atoms with Gasteiger partial charge < -0.3 is 5.32 Å². The number of nitrogens with one attached hydrogen (secondary N) is 1. The van der Waals surface area contributed by atoms with Crippen LogP contribution in [0.4, 0.5) is 5.82 Å². The van der Waals surface area contributed by atoms with Crippen LogP contribution in [0.3, 0.4) is 0 Å². The van der Waals surface area contributed by atoms with E-state index in [4.69, 9.17) is 0 Å². The zero-order valence-corrected chi connectivity index (χ0v) is 14.0. The minimum absolute atomic E-state index is 0.308. The van der Waals surface area contributed by atoms with Gasteiger partial charge in [-0.25, -0.2) is 18.4 Å². The van der Waals surface area contributed by atoms with E-state index in [9.17, 15) is 8.42 Å². The second-order valence-electron chi connectivity index (χ2n) is 6.99. The van der Waals surface area contributed by atoms with Crippen LogP contribution in [0.15, 0.2) is 29.4 Å². The molecule has 3 unspecified atom stereocenters. The number of aromatic nitrogens is 2. The fraction of sp³-hybridized carbons (Fsp3) is 0.529. The van der Waals surface area contributed by atoms with Gasteiger partial charge in [-0.1, -0.05) is 6.42 Å². The first-order chi connectivity index (χ1) is 11.0. The third-order valence-corrected chi connectivity index (χ3v) is 6.56. The number of anilines is 1. The van der Waals surface area contributed by atoms with Crippen molar-refractivity contribution in [2.75, 3.05) is 18.1 Å². The first-order valence-electron chi connectivity index (χ1n) is 8.19. The zero-order valence-electron chi connectivity index (χ0n) is 13.2. The molecule has 5 nitrogen and oxygen atoms in total. The van der Waals surface area contributed by atoms with Gasteiger partial charge in [0, 0.05) is 18.2 Å². The molecular weight excluding hydrogens is 310 g/mol. The molecule has 4 rings (SSSR count). The topological polar surface area (TPSA) is 72.0 Å². The van der Waals surface area contributed by atoms with Gasteiger partial charge in [0.05, 0.1) is 10.4 Å². The summed E-state index contributed by atoms with van der Waals surface area (Å²) in [4.78, 5) is 8.88. The van der Waals surface area contributed by atoms with Crippen molar-refractivity contribution in [3.8, 4) is 0 Å². The summed E-state index contributed by atoms with van der Waals surface area (Å²) in [6.07, 6.45) is 8.21. The van der Waals surface area contributed by atoms with Crippen LogP contribution in [-0.4, -0.2) is 31.2 Å². The number of rotatable bonds is 4. The Morgan fingerprint density at radius 2 is 2.09 bits per heavy atom. The molecule has 2 aliphatic rings. The molecule has 1 aromatic carbocycles. The number of benzene rings is 1. The van der Waals surface area contributed by atoms with Crippen LogP contribution in [0.5, 0.6) is 0 Å². The number of hydrogen-bond donors (Lipinski definition) is 1. The van der Waals surface area contributed by atoms with E-state index in [-0.39, 0.29) is 0 Å². The standard InChI is InChI=1S/C17H21N3O2S/c1-23(21,22)14-4-5-16-15(8-14)17(20-10-19-16)18-9-13-7-11-2-3-12(13)6-11/h4-5,8,10-13H,2-3,6-7,9H2,1H3,(H,18,19,20). The van der Waals surface area contributed by atoms with Crippen LogP contribution in [0.2, 0.25) is 0 Å². The molecule has 0 amide bonds. The zero-order chi connectivity index (χ0) is 16.0. The molecule has 0 aliphatic heterocycles. The minimum atomic E-state index is -3.23.